The van der Waals surface area contributed by atoms with Crippen molar-refractivity contribution < 1.29 is 28.7 Å². The van der Waals surface area contributed by atoms with Crippen LogP contribution in [-0.2, 0) is 28.7 Å². The predicted octanol–water partition coefficient (Wildman–Crippen LogP) is -0.596. The first kappa shape index (κ1) is 23.2. The van der Waals surface area contributed by atoms with Crippen LogP contribution in [-0.4, -0.2) is 77.7 Å². The zero-order chi connectivity index (χ0) is 22.5. The van der Waals surface area contributed by atoms with Crippen LogP contribution in [0.1, 0.15) is 58.8 Å². The summed E-state index contributed by atoms with van der Waals surface area (Å²) in [5, 5.41) is 8.00. The Morgan fingerprint density at radius 3 is 2.29 bits per heavy atom. The van der Waals surface area contributed by atoms with Crippen LogP contribution < -0.4 is 16.0 Å². The molecule has 3 heterocycles. The number of nitrogens with one attached hydrogen (secondary N) is 3. The first-order valence-corrected chi connectivity index (χ1v) is 11.1. The van der Waals surface area contributed by atoms with E-state index in [1.807, 2.05) is 0 Å². The molecule has 31 heavy (non-hydrogen) atoms. The largest absolute Gasteiger partial charge is 0.365 e. The van der Waals surface area contributed by atoms with E-state index in [1.165, 1.54) is 4.90 Å². The van der Waals surface area contributed by atoms with E-state index in [-0.39, 0.29) is 23.7 Å². The Labute approximate surface area is 181 Å². The summed E-state index contributed by atoms with van der Waals surface area (Å²) in [4.78, 5) is 64.0. The Hall–Kier alpha value is -2.49. The summed E-state index contributed by atoms with van der Waals surface area (Å²) in [7, 11) is 0. The van der Waals surface area contributed by atoms with Gasteiger partial charge in [0, 0.05) is 13.0 Å². The third-order valence-corrected chi connectivity index (χ3v) is 6.07. The quantitative estimate of drug-likeness (QED) is 0.360. The fourth-order valence-electron chi connectivity index (χ4n) is 4.06. The molecule has 4 amide bonds. The molecule has 10 nitrogen and oxygen atoms in total. The van der Waals surface area contributed by atoms with Crippen molar-refractivity contribution in [2.24, 2.45) is 0 Å². The van der Waals surface area contributed by atoms with E-state index in [0.717, 1.165) is 6.42 Å². The average molecular weight is 437 g/mol. The number of epoxide rings is 1. The number of Topliss-reactive ketones (excluding diaryl/α,β-unsaturated/α-hetero) is 1. The summed E-state index contributed by atoms with van der Waals surface area (Å²) in [5.74, 6) is -1.41. The van der Waals surface area contributed by atoms with Gasteiger partial charge >= 0.3 is 0 Å². The van der Waals surface area contributed by atoms with Crippen LogP contribution >= 0.6 is 0 Å². The molecule has 0 bridgehead atoms. The maximum absolute atomic E-state index is 13.2. The minimum atomic E-state index is -0.841. The number of nitrogens with zero attached hydrogens (tertiary/aromatic N) is 1. The predicted molar refractivity (Wildman–Crippen MR) is 110 cm³/mol. The van der Waals surface area contributed by atoms with E-state index in [1.54, 1.807) is 13.8 Å². The number of unbranched alkanes of at least 4 members (excludes halogenated alkanes) is 2. The van der Waals surface area contributed by atoms with E-state index < -0.39 is 36.0 Å². The minimum Gasteiger partial charge on any atom is -0.365 e. The summed E-state index contributed by atoms with van der Waals surface area (Å²) in [5.41, 5.74) is 0. The molecule has 5 atom stereocenters. The lowest BCUT2D eigenvalue weighted by molar-refractivity contribution is -0.143. The van der Waals surface area contributed by atoms with Crippen LogP contribution in [0.3, 0.4) is 0 Å². The van der Waals surface area contributed by atoms with Crippen LogP contribution in [0.5, 0.6) is 0 Å². The number of hydrogen-bond acceptors (Lipinski definition) is 6. The maximum Gasteiger partial charge on any atom is 0.245 e. The number of ether oxygens (including phenoxy) is 1. The minimum absolute atomic E-state index is 0.111. The van der Waals surface area contributed by atoms with E-state index in [2.05, 4.69) is 16.0 Å². The lowest BCUT2D eigenvalue weighted by Gasteiger charge is -2.31. The Morgan fingerprint density at radius 2 is 1.61 bits per heavy atom. The van der Waals surface area contributed by atoms with Gasteiger partial charge in [0.15, 0.2) is 5.78 Å². The molecule has 0 radical (unpaired) electrons. The van der Waals surface area contributed by atoms with Gasteiger partial charge in [0.05, 0.1) is 6.61 Å². The molecule has 3 rings (SSSR count). The third-order valence-electron chi connectivity index (χ3n) is 6.07. The monoisotopic (exact) mass is 436 g/mol. The second kappa shape index (κ2) is 10.2. The second-order valence-electron chi connectivity index (χ2n) is 8.60. The van der Waals surface area contributed by atoms with Crippen molar-refractivity contribution in [1.29, 1.82) is 0 Å². The molecule has 0 aromatic rings. The highest BCUT2D eigenvalue weighted by molar-refractivity contribution is 5.97. The second-order valence-corrected chi connectivity index (χ2v) is 8.60. The van der Waals surface area contributed by atoms with Gasteiger partial charge in [-0.15, -0.1) is 0 Å². The molecule has 3 N–H and O–H groups in total. The molecule has 0 saturated carbocycles. The van der Waals surface area contributed by atoms with Crippen molar-refractivity contribution in [3.05, 3.63) is 0 Å². The maximum atomic E-state index is 13.2. The fraction of sp³-hybridized carbons (Fsp3) is 0.762. The molecule has 0 spiro atoms. The van der Waals surface area contributed by atoms with E-state index in [9.17, 15) is 24.0 Å². The highest BCUT2D eigenvalue weighted by atomic mass is 16.6. The number of rotatable bonds is 7. The lowest BCUT2D eigenvalue weighted by atomic mass is 10.0. The van der Waals surface area contributed by atoms with Gasteiger partial charge in [0.2, 0.25) is 23.6 Å². The molecule has 0 aromatic heterocycles. The number of hydrogen-bond donors (Lipinski definition) is 3. The number of ketones is 1. The summed E-state index contributed by atoms with van der Waals surface area (Å²) >= 11 is 0. The van der Waals surface area contributed by atoms with Gasteiger partial charge in [-0.05, 0) is 39.5 Å². The molecule has 3 fully saturated rings. The summed E-state index contributed by atoms with van der Waals surface area (Å²) in [6.45, 7) is 4.04. The van der Waals surface area contributed by atoms with E-state index in [0.29, 0.717) is 51.7 Å². The Balaban J connectivity index is 1.65. The van der Waals surface area contributed by atoms with E-state index in [4.69, 9.17) is 4.74 Å². The van der Waals surface area contributed by atoms with Gasteiger partial charge in [-0.3, -0.25) is 24.0 Å². The van der Waals surface area contributed by atoms with Crippen molar-refractivity contribution in [3.63, 3.8) is 0 Å². The van der Waals surface area contributed by atoms with Gasteiger partial charge in [0.25, 0.3) is 0 Å². The third kappa shape index (κ3) is 6.03. The number of amides is 4. The SMILES string of the molecule is CC1NC(=O)[C@H]2CCCN2C(=O)[C@H](CCCCCC(=O)[C@@H]2CO2)NC(=O)[C@@H](C)NC1=O. The molecule has 0 aromatic carbocycles. The number of carbonyl (C=O) groups excluding carboxylic acids is 5. The highest BCUT2D eigenvalue weighted by Gasteiger charge is 2.39. The zero-order valence-electron chi connectivity index (χ0n) is 18.1. The van der Waals surface area contributed by atoms with Gasteiger partial charge in [-0.25, -0.2) is 0 Å². The molecule has 172 valence electrons. The van der Waals surface area contributed by atoms with Gasteiger partial charge < -0.3 is 25.6 Å². The molecule has 3 aliphatic heterocycles. The Bertz CT molecular complexity index is 737. The molecule has 3 aliphatic rings. The first-order chi connectivity index (χ1) is 14.8. The van der Waals surface area contributed by atoms with E-state index >= 15 is 0 Å². The molecular formula is C21H32N4O6. The zero-order valence-corrected chi connectivity index (χ0v) is 18.1. The molecule has 10 heteroatoms. The van der Waals surface area contributed by atoms with Gasteiger partial charge in [0.1, 0.15) is 30.3 Å². The summed E-state index contributed by atoms with van der Waals surface area (Å²) in [6.07, 6.45) is 3.92. The lowest BCUT2D eigenvalue weighted by Crippen LogP contribution is -2.60. The van der Waals surface area contributed by atoms with Crippen LogP contribution in [0.25, 0.3) is 0 Å². The summed E-state index contributed by atoms with van der Waals surface area (Å²) < 4.78 is 4.98. The van der Waals surface area contributed by atoms with Crippen molar-refractivity contribution in [2.45, 2.75) is 89.1 Å². The van der Waals surface area contributed by atoms with Crippen molar-refractivity contribution in [3.8, 4) is 0 Å². The highest BCUT2D eigenvalue weighted by Crippen LogP contribution is 2.21. The first-order valence-electron chi connectivity index (χ1n) is 11.1. The van der Waals surface area contributed by atoms with Crippen molar-refractivity contribution >= 4 is 29.4 Å². The average Bonchev–Trinajstić information content (AvgIpc) is 3.47. The van der Waals surface area contributed by atoms with Crippen LogP contribution in [0.2, 0.25) is 0 Å². The number of fused-ring (bicyclic) bond motifs is 1. The molecule has 3 saturated heterocycles. The Morgan fingerprint density at radius 1 is 0.968 bits per heavy atom. The van der Waals surface area contributed by atoms with Crippen LogP contribution in [0, 0.1) is 0 Å². The van der Waals surface area contributed by atoms with Crippen molar-refractivity contribution in [1.82, 2.24) is 20.9 Å². The topological polar surface area (TPSA) is 137 Å². The van der Waals surface area contributed by atoms with Crippen LogP contribution in [0.4, 0.5) is 0 Å². The molecule has 0 aliphatic carbocycles. The normalized spacial score (nSPS) is 31.7. The molecule has 1 unspecified atom stereocenters. The smallest absolute Gasteiger partial charge is 0.245 e. The molecular weight excluding hydrogens is 404 g/mol. The summed E-state index contributed by atoms with van der Waals surface area (Å²) in [6, 6.07) is -3.07. The van der Waals surface area contributed by atoms with Gasteiger partial charge in [-0.2, -0.15) is 0 Å². The van der Waals surface area contributed by atoms with Crippen molar-refractivity contribution in [2.75, 3.05) is 13.2 Å². The fourth-order valence-corrected chi connectivity index (χ4v) is 4.06. The number of carbonyl (C=O) groups is 5. The Kier molecular flexibility index (Phi) is 7.64. The van der Waals surface area contributed by atoms with Crippen LogP contribution in [0.15, 0.2) is 0 Å². The standard InChI is InChI=1S/C21H32N4O6/c1-12-18(27)22-13(2)19(28)24-14(7-4-3-5-9-16(26)17-11-31-17)21(30)25-10-6-8-15(25)20(29)23-12/h12-15,17H,3-11H2,1-2H3,(H,22,27)(H,23,29)(H,24,28)/t12?,13-,14+,15-,17+/m1/s1. The van der Waals surface area contributed by atoms with Gasteiger partial charge in [-0.1, -0.05) is 12.8 Å².